The van der Waals surface area contributed by atoms with E-state index in [4.69, 9.17) is 16.3 Å². The molecule has 0 fully saturated rings. The van der Waals surface area contributed by atoms with E-state index in [2.05, 4.69) is 32.2 Å². The van der Waals surface area contributed by atoms with Crippen molar-refractivity contribution in [3.63, 3.8) is 0 Å². The van der Waals surface area contributed by atoms with E-state index in [-0.39, 0.29) is 23.2 Å². The van der Waals surface area contributed by atoms with Gasteiger partial charge in [-0.1, -0.05) is 43.9 Å². The minimum Gasteiger partial charge on any atom is -0.479 e. The van der Waals surface area contributed by atoms with Gasteiger partial charge in [0, 0.05) is 29.9 Å². The van der Waals surface area contributed by atoms with Crippen LogP contribution in [0.1, 0.15) is 52.0 Å². The molecule has 1 amide bonds. The van der Waals surface area contributed by atoms with E-state index < -0.39 is 23.5 Å². The zero-order valence-electron chi connectivity index (χ0n) is 21.3. The summed E-state index contributed by atoms with van der Waals surface area (Å²) in [5, 5.41) is 12.7. The van der Waals surface area contributed by atoms with Gasteiger partial charge in [-0.25, -0.2) is 9.97 Å². The van der Waals surface area contributed by atoms with E-state index in [1.165, 1.54) is 18.3 Å². The molecule has 0 bridgehead atoms. The fourth-order valence-corrected chi connectivity index (χ4v) is 3.51. The van der Waals surface area contributed by atoms with Crippen molar-refractivity contribution in [2.24, 2.45) is 5.41 Å². The number of nitrogens with one attached hydrogen (secondary N) is 1. The van der Waals surface area contributed by atoms with Crippen molar-refractivity contribution in [3.8, 4) is 34.7 Å². The number of ether oxygens (including phenoxy) is 1. The second kappa shape index (κ2) is 12.4. The highest BCUT2D eigenvalue weighted by Crippen LogP contribution is 2.37. The van der Waals surface area contributed by atoms with E-state index >= 15 is 0 Å². The highest BCUT2D eigenvalue weighted by atomic mass is 35.5. The lowest BCUT2D eigenvalue weighted by atomic mass is 9.91. The van der Waals surface area contributed by atoms with Crippen LogP contribution in [0.2, 0.25) is 5.02 Å². The monoisotopic (exact) mass is 551 g/mol. The Morgan fingerprint density at radius 1 is 1.05 bits per heavy atom. The second-order valence-corrected chi connectivity index (χ2v) is 9.60. The third kappa shape index (κ3) is 7.31. The largest absolute Gasteiger partial charge is 0.479 e. The number of unbranched alkanes of at least 4 members (excludes halogenated alkanes) is 3. The molecule has 12 heteroatoms. The van der Waals surface area contributed by atoms with Crippen LogP contribution in [0.4, 0.5) is 13.2 Å². The van der Waals surface area contributed by atoms with Gasteiger partial charge in [0.1, 0.15) is 5.41 Å². The molecule has 2 aromatic heterocycles. The summed E-state index contributed by atoms with van der Waals surface area (Å²) in [6, 6.07) is 7.40. The summed E-state index contributed by atoms with van der Waals surface area (Å²) in [4.78, 5) is 28.7. The van der Waals surface area contributed by atoms with Crippen molar-refractivity contribution in [1.29, 1.82) is 0 Å². The first-order chi connectivity index (χ1) is 17.9. The van der Waals surface area contributed by atoms with Gasteiger partial charge in [0.15, 0.2) is 11.6 Å². The molecule has 0 spiro atoms. The zero-order chi connectivity index (χ0) is 27.9. The summed E-state index contributed by atoms with van der Waals surface area (Å²) in [7, 11) is 0. The summed E-state index contributed by atoms with van der Waals surface area (Å²) in [6.07, 6.45) is 1.12. The maximum absolute atomic E-state index is 13.1. The standard InChI is InChI=1S/C26H29ClF3N5O3/c1-4-5-6-7-12-38-20-11-9-17(15-31-20)21-33-22(35-24(37)34-21)18-13-16(8-10-19(18)27)14-32-23(36)25(2,3)26(28,29)30/h8-11,13,15H,4-7,12,14H2,1-3H3,(H,32,36)(H,33,34,35,37). The Labute approximate surface area is 223 Å². The Bertz CT molecular complexity index is 1250. The van der Waals surface area contributed by atoms with Gasteiger partial charge in [0.2, 0.25) is 11.8 Å². The van der Waals surface area contributed by atoms with Gasteiger partial charge in [0.05, 0.1) is 11.6 Å². The zero-order valence-corrected chi connectivity index (χ0v) is 22.0. The maximum atomic E-state index is 13.1. The molecule has 3 aromatic rings. The summed E-state index contributed by atoms with van der Waals surface area (Å²) in [6.45, 7) is 4.14. The number of hydrogen-bond donors (Lipinski definition) is 2. The minimum absolute atomic E-state index is 0.0394. The summed E-state index contributed by atoms with van der Waals surface area (Å²) >= 11 is 6.33. The van der Waals surface area contributed by atoms with Crippen LogP contribution >= 0.6 is 11.6 Å². The molecule has 1 aromatic carbocycles. The third-order valence-corrected chi connectivity index (χ3v) is 6.20. The number of carbonyl (C=O) groups excluding carboxylic acids is 1. The molecule has 0 aliphatic carbocycles. The van der Waals surface area contributed by atoms with E-state index in [9.17, 15) is 23.1 Å². The number of hydrogen-bond acceptors (Lipinski definition) is 7. The lowest BCUT2D eigenvalue weighted by Crippen LogP contribution is -2.46. The van der Waals surface area contributed by atoms with Gasteiger partial charge < -0.3 is 15.2 Å². The molecule has 2 heterocycles. The van der Waals surface area contributed by atoms with Gasteiger partial charge in [-0.2, -0.15) is 23.1 Å². The predicted molar refractivity (Wildman–Crippen MR) is 136 cm³/mol. The molecule has 2 N–H and O–H groups in total. The normalized spacial score (nSPS) is 11.9. The lowest BCUT2D eigenvalue weighted by Gasteiger charge is -2.26. The van der Waals surface area contributed by atoms with Crippen molar-refractivity contribution < 1.29 is 27.8 Å². The molecule has 0 unspecified atom stereocenters. The average molecular weight is 552 g/mol. The highest BCUT2D eigenvalue weighted by Gasteiger charge is 2.52. The number of aromatic hydroxyl groups is 1. The number of carbonyl (C=O) groups is 1. The molecule has 0 radical (unpaired) electrons. The van der Waals surface area contributed by atoms with Crippen LogP contribution in [-0.4, -0.2) is 43.7 Å². The molecule has 204 valence electrons. The third-order valence-electron chi connectivity index (χ3n) is 5.87. The molecular formula is C26H29ClF3N5O3. The first-order valence-electron chi connectivity index (χ1n) is 12.1. The Morgan fingerprint density at radius 2 is 1.79 bits per heavy atom. The first kappa shape index (κ1) is 29.1. The topological polar surface area (TPSA) is 110 Å². The van der Waals surface area contributed by atoms with Crippen molar-refractivity contribution in [2.45, 2.75) is 59.2 Å². The van der Waals surface area contributed by atoms with Crippen LogP contribution < -0.4 is 10.1 Å². The number of aromatic nitrogens is 4. The number of pyridine rings is 1. The fraction of sp³-hybridized carbons (Fsp3) is 0.423. The van der Waals surface area contributed by atoms with Crippen LogP contribution in [0, 0.1) is 5.41 Å². The molecule has 0 aliphatic heterocycles. The van der Waals surface area contributed by atoms with Crippen molar-refractivity contribution in [3.05, 3.63) is 47.1 Å². The summed E-state index contributed by atoms with van der Waals surface area (Å²) < 4.78 is 45.1. The molecule has 0 saturated carbocycles. The predicted octanol–water partition coefficient (Wildman–Crippen LogP) is 6.12. The smallest absolute Gasteiger partial charge is 0.402 e. The van der Waals surface area contributed by atoms with Crippen molar-refractivity contribution in [1.82, 2.24) is 25.3 Å². The van der Waals surface area contributed by atoms with Crippen LogP contribution in [0.5, 0.6) is 11.9 Å². The number of amides is 1. The fourth-order valence-electron chi connectivity index (χ4n) is 3.30. The average Bonchev–Trinajstić information content (AvgIpc) is 2.87. The van der Waals surface area contributed by atoms with Crippen LogP contribution in [0.3, 0.4) is 0 Å². The molecular weight excluding hydrogens is 523 g/mol. The Morgan fingerprint density at radius 3 is 2.45 bits per heavy atom. The molecule has 0 aliphatic rings. The quantitative estimate of drug-likeness (QED) is 0.276. The number of halogens is 4. The molecule has 3 rings (SSSR count). The van der Waals surface area contributed by atoms with Crippen molar-refractivity contribution in [2.75, 3.05) is 6.61 Å². The summed E-state index contributed by atoms with van der Waals surface area (Å²) in [5.41, 5.74) is -1.30. The van der Waals surface area contributed by atoms with E-state index in [1.807, 2.05) is 0 Å². The first-order valence-corrected chi connectivity index (χ1v) is 12.5. The summed E-state index contributed by atoms with van der Waals surface area (Å²) in [5.74, 6) is -0.536. The minimum atomic E-state index is -4.70. The van der Waals surface area contributed by atoms with E-state index in [0.29, 0.717) is 29.2 Å². The Hall–Kier alpha value is -3.47. The van der Waals surface area contributed by atoms with Gasteiger partial charge in [-0.05, 0) is 44.0 Å². The van der Waals surface area contributed by atoms with Crippen LogP contribution in [0.25, 0.3) is 22.8 Å². The molecule has 8 nitrogen and oxygen atoms in total. The van der Waals surface area contributed by atoms with Gasteiger partial charge >= 0.3 is 12.2 Å². The van der Waals surface area contributed by atoms with Gasteiger partial charge in [-0.3, -0.25) is 4.79 Å². The van der Waals surface area contributed by atoms with E-state index in [1.54, 1.807) is 18.2 Å². The number of rotatable bonds is 11. The Kier molecular flexibility index (Phi) is 9.48. The van der Waals surface area contributed by atoms with Gasteiger partial charge in [0.25, 0.3) is 0 Å². The molecule has 0 atom stereocenters. The number of benzene rings is 1. The number of nitrogens with zero attached hydrogens (tertiary/aromatic N) is 4. The number of alkyl halides is 3. The van der Waals surface area contributed by atoms with Crippen molar-refractivity contribution >= 4 is 17.5 Å². The van der Waals surface area contributed by atoms with Gasteiger partial charge in [-0.15, -0.1) is 0 Å². The molecule has 0 saturated heterocycles. The van der Waals surface area contributed by atoms with E-state index in [0.717, 1.165) is 39.5 Å². The van der Waals surface area contributed by atoms with Crippen LogP contribution in [0.15, 0.2) is 36.5 Å². The Balaban J connectivity index is 1.77. The second-order valence-electron chi connectivity index (χ2n) is 9.20. The molecule has 38 heavy (non-hydrogen) atoms. The lowest BCUT2D eigenvalue weighted by molar-refractivity contribution is -0.211. The maximum Gasteiger partial charge on any atom is 0.402 e. The SMILES string of the molecule is CCCCCCOc1ccc(-c2nc(O)nc(-c3cc(CNC(=O)C(C)(C)C(F)(F)F)ccc3Cl)n2)cn1. The van der Waals surface area contributed by atoms with Crippen LogP contribution in [-0.2, 0) is 11.3 Å². The highest BCUT2D eigenvalue weighted by molar-refractivity contribution is 6.33.